The molecule has 1 aromatic heterocycles. The van der Waals surface area contributed by atoms with Crippen molar-refractivity contribution in [2.45, 2.75) is 45.1 Å². The number of carbonyl (C=O) groups is 1. The second-order valence-electron chi connectivity index (χ2n) is 7.46. The van der Waals surface area contributed by atoms with Crippen molar-refractivity contribution in [1.82, 2.24) is 20.1 Å². The summed E-state index contributed by atoms with van der Waals surface area (Å²) >= 11 is 1.34. The quantitative estimate of drug-likeness (QED) is 0.307. The van der Waals surface area contributed by atoms with Gasteiger partial charge >= 0.3 is 0 Å². The molecular formula is C25H30N4O3S. The maximum Gasteiger partial charge on any atom is 0.230 e. The number of hydrogen-bond donors (Lipinski definition) is 1. The first kappa shape index (κ1) is 24.4. The van der Waals surface area contributed by atoms with E-state index >= 15 is 0 Å². The number of aromatic nitrogens is 3. The molecule has 33 heavy (non-hydrogen) atoms. The highest BCUT2D eigenvalue weighted by molar-refractivity contribution is 7.99. The van der Waals surface area contributed by atoms with Crippen LogP contribution in [0.25, 0.3) is 0 Å². The number of allylic oxidation sites excluding steroid dienone is 1. The monoisotopic (exact) mass is 466 g/mol. The number of rotatable bonds is 12. The summed E-state index contributed by atoms with van der Waals surface area (Å²) in [5.74, 6) is 2.17. The van der Waals surface area contributed by atoms with Crippen LogP contribution >= 0.6 is 11.8 Å². The van der Waals surface area contributed by atoms with E-state index in [0.29, 0.717) is 35.6 Å². The van der Waals surface area contributed by atoms with Gasteiger partial charge in [-0.05, 0) is 44.0 Å². The van der Waals surface area contributed by atoms with Crippen molar-refractivity contribution >= 4 is 17.7 Å². The first-order valence-corrected chi connectivity index (χ1v) is 11.9. The van der Waals surface area contributed by atoms with Gasteiger partial charge in [-0.1, -0.05) is 54.2 Å². The fourth-order valence-corrected chi connectivity index (χ4v) is 4.01. The van der Waals surface area contributed by atoms with Crippen molar-refractivity contribution in [2.24, 2.45) is 0 Å². The Hall–Kier alpha value is -3.26. The minimum Gasteiger partial charge on any atom is -0.490 e. The first-order valence-electron chi connectivity index (χ1n) is 10.9. The van der Waals surface area contributed by atoms with Crippen LogP contribution < -0.4 is 14.8 Å². The smallest absolute Gasteiger partial charge is 0.230 e. The Labute approximate surface area is 199 Å². The Bertz CT molecular complexity index is 1070. The molecule has 0 unspecified atom stereocenters. The zero-order valence-electron chi connectivity index (χ0n) is 19.3. The lowest BCUT2D eigenvalue weighted by molar-refractivity contribution is -0.119. The van der Waals surface area contributed by atoms with E-state index in [1.807, 2.05) is 73.9 Å². The van der Waals surface area contributed by atoms with E-state index in [1.165, 1.54) is 11.8 Å². The highest BCUT2D eigenvalue weighted by Gasteiger charge is 2.16. The Morgan fingerprint density at radius 1 is 1.18 bits per heavy atom. The second kappa shape index (κ2) is 12.1. The zero-order valence-corrected chi connectivity index (χ0v) is 20.1. The van der Waals surface area contributed by atoms with Gasteiger partial charge in [0.05, 0.1) is 18.4 Å². The molecule has 0 bridgehead atoms. The summed E-state index contributed by atoms with van der Waals surface area (Å²) in [5, 5.41) is 12.2. The molecule has 174 valence electrons. The lowest BCUT2D eigenvalue weighted by Crippen LogP contribution is -2.28. The van der Waals surface area contributed by atoms with Crippen LogP contribution in [0.4, 0.5) is 0 Å². The lowest BCUT2D eigenvalue weighted by atomic mass is 10.1. The summed E-state index contributed by atoms with van der Waals surface area (Å²) in [6.07, 6.45) is 1.77. The summed E-state index contributed by atoms with van der Waals surface area (Å²) in [7, 11) is 0. The van der Waals surface area contributed by atoms with Crippen LogP contribution in [0, 0.1) is 6.92 Å². The average Bonchev–Trinajstić information content (AvgIpc) is 3.19. The predicted octanol–water partition coefficient (Wildman–Crippen LogP) is 4.72. The van der Waals surface area contributed by atoms with Crippen LogP contribution in [0.2, 0.25) is 0 Å². The minimum atomic E-state index is -0.0664. The Morgan fingerprint density at radius 2 is 1.97 bits per heavy atom. The van der Waals surface area contributed by atoms with Crippen molar-refractivity contribution in [2.75, 3.05) is 12.4 Å². The Morgan fingerprint density at radius 3 is 2.70 bits per heavy atom. The minimum absolute atomic E-state index is 0.0663. The van der Waals surface area contributed by atoms with Gasteiger partial charge in [0.2, 0.25) is 5.91 Å². The molecular weight excluding hydrogens is 436 g/mol. The van der Waals surface area contributed by atoms with E-state index in [0.717, 1.165) is 11.1 Å². The number of hydrogen-bond acceptors (Lipinski definition) is 6. The largest absolute Gasteiger partial charge is 0.490 e. The van der Waals surface area contributed by atoms with E-state index < -0.39 is 0 Å². The number of thioether (sulfide) groups is 1. The third-order valence-electron chi connectivity index (χ3n) is 4.87. The van der Waals surface area contributed by atoms with Crippen molar-refractivity contribution < 1.29 is 14.3 Å². The van der Waals surface area contributed by atoms with E-state index in [2.05, 4.69) is 22.1 Å². The molecule has 0 aliphatic heterocycles. The zero-order chi connectivity index (χ0) is 23.6. The van der Waals surface area contributed by atoms with Gasteiger partial charge in [0, 0.05) is 6.54 Å². The maximum absolute atomic E-state index is 12.5. The van der Waals surface area contributed by atoms with Crippen molar-refractivity contribution in [3.63, 3.8) is 0 Å². The predicted molar refractivity (Wildman–Crippen MR) is 131 cm³/mol. The Kier molecular flexibility index (Phi) is 8.95. The number of carbonyl (C=O) groups excluding carboxylic acids is 1. The van der Waals surface area contributed by atoms with Gasteiger partial charge in [-0.2, -0.15) is 0 Å². The molecule has 3 rings (SSSR count). The highest BCUT2D eigenvalue weighted by atomic mass is 32.2. The van der Waals surface area contributed by atoms with Gasteiger partial charge < -0.3 is 14.8 Å². The number of benzene rings is 2. The molecule has 8 heteroatoms. The standard InChI is InChI=1S/C25H30N4O3S/c1-5-14-29-23(16-32-21-13-12-18(3)15-22(21)31-6-2)27-28-25(29)33-17-24(30)26-19(4)20-10-8-7-9-11-20/h5,7-13,15,19H,1,6,14,16-17H2,2-4H3,(H,26,30)/t19-/m1/s1. The van der Waals surface area contributed by atoms with Gasteiger partial charge in [0.15, 0.2) is 22.5 Å². The third-order valence-corrected chi connectivity index (χ3v) is 5.84. The summed E-state index contributed by atoms with van der Waals surface area (Å²) in [5.41, 5.74) is 2.16. The first-order chi connectivity index (χ1) is 16.0. The fraction of sp³-hybridized carbons (Fsp3) is 0.320. The molecule has 1 heterocycles. The Balaban J connectivity index is 1.62. The molecule has 2 aromatic carbocycles. The highest BCUT2D eigenvalue weighted by Crippen LogP contribution is 2.29. The topological polar surface area (TPSA) is 78.3 Å². The van der Waals surface area contributed by atoms with Crippen molar-refractivity contribution in [3.05, 3.63) is 78.1 Å². The van der Waals surface area contributed by atoms with Gasteiger partial charge in [-0.15, -0.1) is 16.8 Å². The molecule has 0 aliphatic rings. The summed E-state index contributed by atoms with van der Waals surface area (Å²) in [4.78, 5) is 12.5. The SMILES string of the molecule is C=CCn1c(COc2ccc(C)cc2OCC)nnc1SCC(=O)N[C@H](C)c1ccccc1. The van der Waals surface area contributed by atoms with E-state index in [-0.39, 0.29) is 24.3 Å². The summed E-state index contributed by atoms with van der Waals surface area (Å²) in [6, 6.07) is 15.6. The van der Waals surface area contributed by atoms with Gasteiger partial charge in [-0.3, -0.25) is 9.36 Å². The molecule has 1 N–H and O–H groups in total. The number of ether oxygens (including phenoxy) is 2. The van der Waals surface area contributed by atoms with Crippen LogP contribution in [0.3, 0.4) is 0 Å². The second-order valence-corrected chi connectivity index (χ2v) is 8.40. The van der Waals surface area contributed by atoms with Crippen molar-refractivity contribution in [1.29, 1.82) is 0 Å². The maximum atomic E-state index is 12.5. The summed E-state index contributed by atoms with van der Waals surface area (Å²) in [6.45, 7) is 11.0. The van der Waals surface area contributed by atoms with Crippen LogP contribution in [0.5, 0.6) is 11.5 Å². The number of nitrogens with zero attached hydrogens (tertiary/aromatic N) is 3. The average molecular weight is 467 g/mol. The molecule has 0 spiro atoms. The van der Waals surface area contributed by atoms with Crippen LogP contribution in [-0.2, 0) is 17.9 Å². The van der Waals surface area contributed by atoms with Crippen LogP contribution in [0.15, 0.2) is 66.3 Å². The van der Waals surface area contributed by atoms with Gasteiger partial charge in [-0.25, -0.2) is 0 Å². The van der Waals surface area contributed by atoms with Crippen molar-refractivity contribution in [3.8, 4) is 11.5 Å². The van der Waals surface area contributed by atoms with E-state index in [1.54, 1.807) is 6.08 Å². The molecule has 0 saturated carbocycles. The molecule has 0 saturated heterocycles. The number of amides is 1. The van der Waals surface area contributed by atoms with Crippen LogP contribution in [0.1, 0.15) is 36.8 Å². The van der Waals surface area contributed by atoms with Gasteiger partial charge in [0.1, 0.15) is 6.61 Å². The molecule has 1 atom stereocenters. The third kappa shape index (κ3) is 6.86. The number of aryl methyl sites for hydroxylation is 1. The number of nitrogens with one attached hydrogen (secondary N) is 1. The normalized spacial score (nSPS) is 11.6. The molecule has 1 amide bonds. The summed E-state index contributed by atoms with van der Waals surface area (Å²) < 4.78 is 13.6. The molecule has 3 aromatic rings. The molecule has 0 radical (unpaired) electrons. The lowest BCUT2D eigenvalue weighted by Gasteiger charge is -2.14. The van der Waals surface area contributed by atoms with E-state index in [9.17, 15) is 4.79 Å². The molecule has 0 fully saturated rings. The van der Waals surface area contributed by atoms with E-state index in [4.69, 9.17) is 9.47 Å². The molecule has 0 aliphatic carbocycles. The molecule has 7 nitrogen and oxygen atoms in total. The van der Waals surface area contributed by atoms with Gasteiger partial charge in [0.25, 0.3) is 0 Å². The van der Waals surface area contributed by atoms with Crippen LogP contribution in [-0.4, -0.2) is 33.0 Å². The fourth-order valence-electron chi connectivity index (χ4n) is 3.23.